The Balaban J connectivity index is 2.04. The summed E-state index contributed by atoms with van der Waals surface area (Å²) in [5.41, 5.74) is -1.26. The number of aliphatic hydroxyl groups is 5. The number of fused-ring (bicyclic) bond motifs is 1. The van der Waals surface area contributed by atoms with Gasteiger partial charge in [-0.15, -0.1) is 0 Å². The third-order valence-corrected chi connectivity index (χ3v) is 5.90. The van der Waals surface area contributed by atoms with E-state index in [0.29, 0.717) is 16.5 Å². The molecule has 1 aliphatic heterocycles. The molecule has 1 fully saturated rings. The fraction of sp³-hybridized carbons (Fsp3) is 0.609. The smallest absolute Gasteiger partial charge is 0.306 e. The molecule has 5 atom stereocenters. The van der Waals surface area contributed by atoms with Crippen LogP contribution in [0.4, 0.5) is 0 Å². The van der Waals surface area contributed by atoms with Crippen molar-refractivity contribution in [2.75, 3.05) is 26.9 Å². The van der Waals surface area contributed by atoms with Crippen LogP contribution in [0.25, 0.3) is 11.0 Å². The summed E-state index contributed by atoms with van der Waals surface area (Å²) >= 11 is 0. The first-order valence-electron chi connectivity index (χ1n) is 11.2. The Morgan fingerprint density at radius 2 is 2.00 bits per heavy atom. The molecule has 0 bridgehead atoms. The van der Waals surface area contributed by atoms with Crippen molar-refractivity contribution in [3.63, 3.8) is 0 Å². The van der Waals surface area contributed by atoms with Crippen LogP contribution in [0.1, 0.15) is 31.7 Å². The van der Waals surface area contributed by atoms with E-state index in [1.165, 1.54) is 13.4 Å². The van der Waals surface area contributed by atoms with Gasteiger partial charge in [0, 0.05) is 18.4 Å². The molecule has 1 saturated heterocycles. The minimum atomic E-state index is -2.13. The highest BCUT2D eigenvalue weighted by Crippen LogP contribution is 2.43. The number of rotatable bonds is 11. The quantitative estimate of drug-likeness (QED) is 0.277. The first kappa shape index (κ1) is 26.2. The molecule has 2 heterocycles. The first-order chi connectivity index (χ1) is 16.3. The van der Waals surface area contributed by atoms with Crippen molar-refractivity contribution in [3.8, 4) is 11.5 Å². The minimum absolute atomic E-state index is 0.0393. The Kier molecular flexibility index (Phi) is 8.74. The van der Waals surface area contributed by atoms with Gasteiger partial charge in [0.25, 0.3) is 0 Å². The van der Waals surface area contributed by atoms with Crippen molar-refractivity contribution in [1.82, 2.24) is 0 Å². The van der Waals surface area contributed by atoms with Crippen LogP contribution >= 0.6 is 0 Å². The molecule has 0 spiro atoms. The van der Waals surface area contributed by atoms with E-state index in [1.54, 1.807) is 19.1 Å². The molecule has 11 heteroatoms. The van der Waals surface area contributed by atoms with Gasteiger partial charge in [-0.3, -0.25) is 4.79 Å². The van der Waals surface area contributed by atoms with E-state index in [-0.39, 0.29) is 50.4 Å². The van der Waals surface area contributed by atoms with Crippen LogP contribution in [0, 0.1) is 0 Å². The molecule has 0 radical (unpaired) electrons. The summed E-state index contributed by atoms with van der Waals surface area (Å²) < 4.78 is 27.8. The summed E-state index contributed by atoms with van der Waals surface area (Å²) in [6.07, 6.45) is -4.52. The van der Waals surface area contributed by atoms with E-state index in [4.69, 9.17) is 23.4 Å². The third kappa shape index (κ3) is 5.14. The molecule has 2 aromatic rings. The lowest BCUT2D eigenvalue weighted by atomic mass is 9.83. The van der Waals surface area contributed by atoms with Gasteiger partial charge in [0.15, 0.2) is 16.9 Å². The zero-order valence-corrected chi connectivity index (χ0v) is 19.2. The van der Waals surface area contributed by atoms with Crippen LogP contribution in [-0.2, 0) is 20.7 Å². The fourth-order valence-corrected chi connectivity index (χ4v) is 4.10. The third-order valence-electron chi connectivity index (χ3n) is 5.90. The van der Waals surface area contributed by atoms with Gasteiger partial charge in [-0.1, -0.05) is 0 Å². The van der Waals surface area contributed by atoms with E-state index < -0.39 is 42.8 Å². The number of esters is 1. The van der Waals surface area contributed by atoms with Crippen molar-refractivity contribution in [3.05, 3.63) is 24.0 Å². The van der Waals surface area contributed by atoms with Crippen LogP contribution in [-0.4, -0.2) is 88.6 Å². The summed E-state index contributed by atoms with van der Waals surface area (Å²) in [6.45, 7) is 1.02. The van der Waals surface area contributed by atoms with E-state index >= 15 is 0 Å². The molecule has 5 N–H and O–H groups in total. The number of methoxy groups -OCH3 is 1. The standard InChI is InChI=1S/C23H32O11/c1-3-31-16(26)6-5-13-11-14-7-10-32-18(14)20(30-2)19(13)34-22-23(29,8-4-9-24)21(28)17(27)15(12-25)33-22/h7,10-11,15,17,21-22,24-25,27-29H,3-6,8-9,12H2,1-2H3. The summed E-state index contributed by atoms with van der Waals surface area (Å²) in [5, 5.41) is 51.9. The molecule has 0 aliphatic carbocycles. The lowest BCUT2D eigenvalue weighted by molar-refractivity contribution is -0.322. The molecule has 190 valence electrons. The molecule has 0 saturated carbocycles. The SMILES string of the molecule is CCOC(=O)CCc1cc2ccoc2c(OC)c1OC1OC(CO)C(O)C(O)C1(O)CCCO. The number of hydrogen-bond acceptors (Lipinski definition) is 11. The highest BCUT2D eigenvalue weighted by atomic mass is 16.7. The van der Waals surface area contributed by atoms with Crippen molar-refractivity contribution in [2.45, 2.75) is 62.8 Å². The van der Waals surface area contributed by atoms with E-state index in [9.17, 15) is 30.3 Å². The number of aliphatic hydroxyl groups excluding tert-OH is 4. The molecule has 1 aromatic heterocycles. The minimum Gasteiger partial charge on any atom is -0.490 e. The number of furan rings is 1. The largest absolute Gasteiger partial charge is 0.490 e. The van der Waals surface area contributed by atoms with Crippen molar-refractivity contribution in [2.24, 2.45) is 0 Å². The van der Waals surface area contributed by atoms with Crippen LogP contribution in [0.3, 0.4) is 0 Å². The lowest BCUT2D eigenvalue weighted by Gasteiger charge is -2.47. The molecular weight excluding hydrogens is 452 g/mol. The van der Waals surface area contributed by atoms with Gasteiger partial charge in [-0.2, -0.15) is 0 Å². The van der Waals surface area contributed by atoms with Crippen molar-refractivity contribution < 1.29 is 53.7 Å². The van der Waals surface area contributed by atoms with Gasteiger partial charge in [-0.25, -0.2) is 0 Å². The summed E-state index contributed by atoms with van der Waals surface area (Å²) in [5.74, 6) is -0.135. The van der Waals surface area contributed by atoms with Crippen molar-refractivity contribution in [1.29, 1.82) is 0 Å². The Labute approximate surface area is 196 Å². The number of benzene rings is 1. The molecule has 1 aromatic carbocycles. The summed E-state index contributed by atoms with van der Waals surface area (Å²) in [6, 6.07) is 3.45. The van der Waals surface area contributed by atoms with Crippen molar-refractivity contribution >= 4 is 16.9 Å². The number of carbonyl (C=O) groups excluding carboxylic acids is 1. The topological polar surface area (TPSA) is 168 Å². The number of carbonyl (C=O) groups is 1. The van der Waals surface area contributed by atoms with E-state index in [2.05, 4.69) is 0 Å². The first-order valence-corrected chi connectivity index (χ1v) is 11.2. The molecule has 1 aliphatic rings. The number of aryl methyl sites for hydroxylation is 1. The van der Waals surface area contributed by atoms with Gasteiger partial charge >= 0.3 is 5.97 Å². The monoisotopic (exact) mass is 484 g/mol. The second-order valence-corrected chi connectivity index (χ2v) is 8.10. The average molecular weight is 484 g/mol. The Morgan fingerprint density at radius 1 is 1.24 bits per heavy atom. The number of ether oxygens (including phenoxy) is 4. The van der Waals surface area contributed by atoms with E-state index in [1.807, 2.05) is 0 Å². The van der Waals surface area contributed by atoms with Gasteiger partial charge in [0.2, 0.25) is 12.0 Å². The predicted molar refractivity (Wildman–Crippen MR) is 117 cm³/mol. The summed E-state index contributed by atoms with van der Waals surface area (Å²) in [4.78, 5) is 12.0. The van der Waals surface area contributed by atoms with Gasteiger partial charge < -0.3 is 48.9 Å². The molecule has 11 nitrogen and oxygen atoms in total. The van der Waals surface area contributed by atoms with Gasteiger partial charge in [0.1, 0.15) is 18.3 Å². The molecule has 0 amide bonds. The average Bonchev–Trinajstić information content (AvgIpc) is 3.30. The second kappa shape index (κ2) is 11.3. The van der Waals surface area contributed by atoms with Gasteiger partial charge in [0.05, 0.1) is 26.6 Å². The van der Waals surface area contributed by atoms with Crippen LogP contribution < -0.4 is 9.47 Å². The zero-order valence-electron chi connectivity index (χ0n) is 19.2. The molecule has 5 unspecified atom stereocenters. The Hall–Kier alpha value is -2.41. The normalized spacial score (nSPS) is 27.0. The highest BCUT2D eigenvalue weighted by Gasteiger charge is 2.56. The fourth-order valence-electron chi connectivity index (χ4n) is 4.10. The van der Waals surface area contributed by atoms with Crippen LogP contribution in [0.5, 0.6) is 11.5 Å². The lowest BCUT2D eigenvalue weighted by Crippen LogP contribution is -2.68. The molecule has 34 heavy (non-hydrogen) atoms. The van der Waals surface area contributed by atoms with Crippen LogP contribution in [0.2, 0.25) is 0 Å². The zero-order chi connectivity index (χ0) is 24.9. The molecule has 3 rings (SSSR count). The Bertz CT molecular complexity index is 958. The number of hydrogen-bond donors (Lipinski definition) is 5. The summed E-state index contributed by atoms with van der Waals surface area (Å²) in [7, 11) is 1.40. The van der Waals surface area contributed by atoms with Gasteiger partial charge in [-0.05, 0) is 43.9 Å². The maximum Gasteiger partial charge on any atom is 0.306 e. The van der Waals surface area contributed by atoms with Crippen LogP contribution in [0.15, 0.2) is 22.8 Å². The van der Waals surface area contributed by atoms with E-state index in [0.717, 1.165) is 0 Å². The maximum absolute atomic E-state index is 12.0. The highest BCUT2D eigenvalue weighted by molar-refractivity contribution is 5.87. The molecular formula is C23H32O11. The second-order valence-electron chi connectivity index (χ2n) is 8.10. The maximum atomic E-state index is 12.0. The Morgan fingerprint density at radius 3 is 2.65 bits per heavy atom. The predicted octanol–water partition coefficient (Wildman–Crippen LogP) is 0.258.